The van der Waals surface area contributed by atoms with Crippen LogP contribution < -0.4 is 5.32 Å². The molecule has 8 nitrogen and oxygen atoms in total. The molecule has 0 atom stereocenters. The lowest BCUT2D eigenvalue weighted by Crippen LogP contribution is -2.47. The SMILES string of the molecule is CCN(CC)S(=O)(=O)c1cc(C(=O)NC2CCN(C(=O)OC(C)(C)C)CC2)ccc1C. The lowest BCUT2D eigenvalue weighted by molar-refractivity contribution is 0.0199. The van der Waals surface area contributed by atoms with Crippen molar-refractivity contribution in [2.45, 2.75) is 70.9 Å². The molecule has 1 aromatic carbocycles. The standard InChI is InChI=1S/C22H35N3O5S/c1-7-25(8-2)31(28,29)19-15-17(10-9-16(19)3)20(26)23-18-11-13-24(14-12-18)21(27)30-22(4,5)6/h9-10,15,18H,7-8,11-14H2,1-6H3,(H,23,26). The van der Waals surface area contributed by atoms with Gasteiger partial charge in [0.15, 0.2) is 0 Å². The van der Waals surface area contributed by atoms with Crippen LogP contribution in [0.5, 0.6) is 0 Å². The number of likely N-dealkylation sites (tertiary alicyclic amines) is 1. The van der Waals surface area contributed by atoms with Crippen LogP contribution in [0.2, 0.25) is 0 Å². The third kappa shape index (κ3) is 6.43. The van der Waals surface area contributed by atoms with Crippen molar-refractivity contribution in [3.8, 4) is 0 Å². The summed E-state index contributed by atoms with van der Waals surface area (Å²) in [5.41, 5.74) is 0.372. The van der Waals surface area contributed by atoms with Gasteiger partial charge < -0.3 is 15.0 Å². The first-order valence-electron chi connectivity index (χ1n) is 10.8. The van der Waals surface area contributed by atoms with Gasteiger partial charge in [0.05, 0.1) is 4.90 Å². The van der Waals surface area contributed by atoms with Crippen LogP contribution in [0.15, 0.2) is 23.1 Å². The molecule has 2 amide bonds. The van der Waals surface area contributed by atoms with Gasteiger partial charge in [-0.05, 0) is 58.2 Å². The Balaban J connectivity index is 2.05. The average molecular weight is 454 g/mol. The van der Waals surface area contributed by atoms with Crippen LogP contribution in [0.1, 0.15) is 63.4 Å². The number of hydrogen-bond acceptors (Lipinski definition) is 5. The number of nitrogens with one attached hydrogen (secondary N) is 1. The quantitative estimate of drug-likeness (QED) is 0.714. The molecule has 174 valence electrons. The first-order chi connectivity index (χ1) is 14.4. The van der Waals surface area contributed by atoms with Gasteiger partial charge in [0.25, 0.3) is 5.91 Å². The van der Waals surface area contributed by atoms with E-state index in [9.17, 15) is 18.0 Å². The average Bonchev–Trinajstić information content (AvgIpc) is 2.68. The molecule has 0 unspecified atom stereocenters. The zero-order valence-electron chi connectivity index (χ0n) is 19.4. The minimum Gasteiger partial charge on any atom is -0.444 e. The molecule has 1 saturated heterocycles. The molecular formula is C22H35N3O5S. The van der Waals surface area contributed by atoms with Gasteiger partial charge in [0, 0.05) is 37.8 Å². The van der Waals surface area contributed by atoms with E-state index in [1.807, 2.05) is 20.8 Å². The van der Waals surface area contributed by atoms with E-state index in [2.05, 4.69) is 5.32 Å². The van der Waals surface area contributed by atoms with E-state index in [-0.39, 0.29) is 22.9 Å². The molecule has 9 heteroatoms. The van der Waals surface area contributed by atoms with E-state index >= 15 is 0 Å². The summed E-state index contributed by atoms with van der Waals surface area (Å²) in [6, 6.07) is 4.67. The van der Waals surface area contributed by atoms with E-state index < -0.39 is 15.6 Å². The van der Waals surface area contributed by atoms with E-state index in [0.29, 0.717) is 50.1 Å². The number of piperidine rings is 1. The normalized spacial score (nSPS) is 15.8. The third-order valence-electron chi connectivity index (χ3n) is 5.26. The van der Waals surface area contributed by atoms with Gasteiger partial charge in [-0.1, -0.05) is 19.9 Å². The Kier molecular flexibility index (Phi) is 8.10. The molecule has 0 radical (unpaired) electrons. The number of amides is 2. The molecule has 1 heterocycles. The number of benzene rings is 1. The summed E-state index contributed by atoms with van der Waals surface area (Å²) in [6.45, 7) is 12.5. The summed E-state index contributed by atoms with van der Waals surface area (Å²) >= 11 is 0. The van der Waals surface area contributed by atoms with Crippen LogP contribution in [-0.2, 0) is 14.8 Å². The molecule has 1 N–H and O–H groups in total. The lowest BCUT2D eigenvalue weighted by Gasteiger charge is -2.33. The van der Waals surface area contributed by atoms with Crippen LogP contribution in [0.3, 0.4) is 0 Å². The van der Waals surface area contributed by atoms with Gasteiger partial charge in [0.1, 0.15) is 5.60 Å². The van der Waals surface area contributed by atoms with E-state index in [1.54, 1.807) is 37.8 Å². The van der Waals surface area contributed by atoms with Gasteiger partial charge in [-0.25, -0.2) is 13.2 Å². The van der Waals surface area contributed by atoms with Crippen molar-refractivity contribution in [2.24, 2.45) is 0 Å². The van der Waals surface area contributed by atoms with Gasteiger partial charge in [-0.3, -0.25) is 4.79 Å². The fourth-order valence-corrected chi connectivity index (χ4v) is 5.23. The Hall–Kier alpha value is -2.13. The molecule has 0 saturated carbocycles. The number of hydrogen-bond donors (Lipinski definition) is 1. The van der Waals surface area contributed by atoms with Crippen molar-refractivity contribution in [3.63, 3.8) is 0 Å². The third-order valence-corrected chi connectivity index (χ3v) is 7.45. The topological polar surface area (TPSA) is 96.0 Å². The number of ether oxygens (including phenoxy) is 1. The van der Waals surface area contributed by atoms with Gasteiger partial charge in [-0.15, -0.1) is 0 Å². The molecular weight excluding hydrogens is 418 g/mol. The first-order valence-corrected chi connectivity index (χ1v) is 12.2. The predicted molar refractivity (Wildman–Crippen MR) is 120 cm³/mol. The van der Waals surface area contributed by atoms with Gasteiger partial charge in [0.2, 0.25) is 10.0 Å². The van der Waals surface area contributed by atoms with Crippen molar-refractivity contribution in [3.05, 3.63) is 29.3 Å². The first kappa shape index (κ1) is 25.1. The largest absolute Gasteiger partial charge is 0.444 e. The second-order valence-electron chi connectivity index (χ2n) is 8.78. The fraction of sp³-hybridized carbons (Fsp3) is 0.636. The van der Waals surface area contributed by atoms with Gasteiger partial charge >= 0.3 is 6.09 Å². The number of sulfonamides is 1. The number of nitrogens with zero attached hydrogens (tertiary/aromatic N) is 2. The van der Waals surface area contributed by atoms with Crippen molar-refractivity contribution in [2.75, 3.05) is 26.2 Å². The number of aryl methyl sites for hydroxylation is 1. The molecule has 0 aliphatic carbocycles. The van der Waals surface area contributed by atoms with Crippen LogP contribution in [0.4, 0.5) is 4.79 Å². The molecule has 0 spiro atoms. The summed E-state index contributed by atoms with van der Waals surface area (Å²) < 4.78 is 32.6. The molecule has 1 fully saturated rings. The summed E-state index contributed by atoms with van der Waals surface area (Å²) in [5.74, 6) is -0.313. The Morgan fingerprint density at radius 1 is 1.16 bits per heavy atom. The molecule has 2 rings (SSSR count). The Bertz CT molecular complexity index is 896. The summed E-state index contributed by atoms with van der Waals surface area (Å²) in [5, 5.41) is 2.97. The second kappa shape index (κ2) is 9.99. The Labute approximate surface area is 186 Å². The Morgan fingerprint density at radius 3 is 2.26 bits per heavy atom. The number of rotatable bonds is 6. The molecule has 0 bridgehead atoms. The van der Waals surface area contributed by atoms with Crippen molar-refractivity contribution in [1.82, 2.24) is 14.5 Å². The lowest BCUT2D eigenvalue weighted by atomic mass is 10.0. The van der Waals surface area contributed by atoms with Crippen molar-refractivity contribution < 1.29 is 22.7 Å². The maximum atomic E-state index is 12.9. The van der Waals surface area contributed by atoms with Crippen LogP contribution in [0.25, 0.3) is 0 Å². The zero-order chi connectivity index (χ0) is 23.4. The highest BCUT2D eigenvalue weighted by Gasteiger charge is 2.29. The van der Waals surface area contributed by atoms with Crippen molar-refractivity contribution in [1.29, 1.82) is 0 Å². The van der Waals surface area contributed by atoms with Crippen LogP contribution in [0, 0.1) is 6.92 Å². The molecule has 1 aromatic rings. The highest BCUT2D eigenvalue weighted by molar-refractivity contribution is 7.89. The molecule has 31 heavy (non-hydrogen) atoms. The molecule has 1 aliphatic rings. The van der Waals surface area contributed by atoms with Gasteiger partial charge in [-0.2, -0.15) is 4.31 Å². The monoisotopic (exact) mass is 453 g/mol. The van der Waals surface area contributed by atoms with E-state index in [1.165, 1.54) is 10.4 Å². The zero-order valence-corrected chi connectivity index (χ0v) is 20.2. The predicted octanol–water partition coefficient (Wildman–Crippen LogP) is 3.15. The molecule has 0 aromatic heterocycles. The summed E-state index contributed by atoms with van der Waals surface area (Å²) in [4.78, 5) is 26.8. The smallest absolute Gasteiger partial charge is 0.410 e. The van der Waals surface area contributed by atoms with Crippen LogP contribution >= 0.6 is 0 Å². The van der Waals surface area contributed by atoms with E-state index in [4.69, 9.17) is 4.74 Å². The summed E-state index contributed by atoms with van der Waals surface area (Å²) in [6.07, 6.45) is 0.880. The van der Waals surface area contributed by atoms with Crippen molar-refractivity contribution >= 4 is 22.0 Å². The second-order valence-corrected chi connectivity index (χ2v) is 10.7. The Morgan fingerprint density at radius 2 is 1.74 bits per heavy atom. The number of carbonyl (C=O) groups excluding carboxylic acids is 2. The number of carbonyl (C=O) groups is 2. The summed E-state index contributed by atoms with van der Waals surface area (Å²) in [7, 11) is -3.66. The molecule has 1 aliphatic heterocycles. The van der Waals surface area contributed by atoms with E-state index in [0.717, 1.165) is 0 Å². The minimum absolute atomic E-state index is 0.0877. The highest BCUT2D eigenvalue weighted by Crippen LogP contribution is 2.22. The minimum atomic E-state index is -3.66. The maximum Gasteiger partial charge on any atom is 0.410 e. The highest BCUT2D eigenvalue weighted by atomic mass is 32.2. The van der Waals surface area contributed by atoms with Crippen LogP contribution in [-0.4, -0.2) is 67.4 Å². The maximum absolute atomic E-state index is 12.9. The fourth-order valence-electron chi connectivity index (χ4n) is 3.52.